The lowest BCUT2D eigenvalue weighted by atomic mass is 9.84. The van der Waals surface area contributed by atoms with Gasteiger partial charge in [0.05, 0.1) is 10.0 Å². The second-order valence-corrected chi connectivity index (χ2v) is 5.81. The maximum Gasteiger partial charge on any atom is 0.127 e. The Bertz CT molecular complexity index is 449. The molecule has 18 heavy (non-hydrogen) atoms. The topological polar surface area (TPSA) is 20.3 Å². The van der Waals surface area contributed by atoms with Crippen LogP contribution in [0.15, 0.2) is 18.2 Å². The van der Waals surface area contributed by atoms with E-state index in [0.717, 1.165) is 44.3 Å². The first-order valence-corrected chi connectivity index (χ1v) is 7.02. The van der Waals surface area contributed by atoms with Crippen molar-refractivity contribution in [3.8, 4) is 0 Å². The van der Waals surface area contributed by atoms with E-state index >= 15 is 0 Å². The first-order chi connectivity index (χ1) is 8.60. The van der Waals surface area contributed by atoms with Crippen LogP contribution in [0.2, 0.25) is 10.0 Å². The van der Waals surface area contributed by atoms with Gasteiger partial charge in [-0.25, -0.2) is 0 Å². The van der Waals surface area contributed by atoms with Crippen molar-refractivity contribution in [1.82, 2.24) is 0 Å². The van der Waals surface area contributed by atoms with E-state index in [1.165, 1.54) is 0 Å². The zero-order chi connectivity index (χ0) is 13.2. The molecule has 1 aliphatic rings. The maximum absolute atomic E-state index is 11.3. The zero-order valence-electron chi connectivity index (χ0n) is 10.5. The standard InChI is InChI=1S/C14H17Cl2NO/c1-2-5-14(10-18)6-7-17(9-14)11-3-4-12(15)13(16)8-11/h3-4,8,10H,2,5-7,9H2,1H3/t14-/m0/s1. The molecule has 0 bridgehead atoms. The van der Waals surface area contributed by atoms with Gasteiger partial charge in [-0.05, 0) is 31.0 Å². The summed E-state index contributed by atoms with van der Waals surface area (Å²) in [6, 6.07) is 5.64. The molecular weight excluding hydrogens is 269 g/mol. The molecule has 0 amide bonds. The lowest BCUT2D eigenvalue weighted by Crippen LogP contribution is -2.28. The van der Waals surface area contributed by atoms with Crippen molar-refractivity contribution < 1.29 is 4.79 Å². The van der Waals surface area contributed by atoms with Crippen molar-refractivity contribution in [2.45, 2.75) is 26.2 Å². The largest absolute Gasteiger partial charge is 0.370 e. The van der Waals surface area contributed by atoms with Gasteiger partial charge in [-0.3, -0.25) is 0 Å². The molecule has 0 unspecified atom stereocenters. The molecule has 1 saturated heterocycles. The second-order valence-electron chi connectivity index (χ2n) is 5.00. The number of benzene rings is 1. The van der Waals surface area contributed by atoms with Gasteiger partial charge in [0.2, 0.25) is 0 Å². The molecule has 4 heteroatoms. The predicted molar refractivity (Wildman–Crippen MR) is 76.7 cm³/mol. The van der Waals surface area contributed by atoms with Gasteiger partial charge in [0.15, 0.2) is 0 Å². The van der Waals surface area contributed by atoms with Gasteiger partial charge in [-0.15, -0.1) is 0 Å². The van der Waals surface area contributed by atoms with Gasteiger partial charge in [-0.2, -0.15) is 0 Å². The van der Waals surface area contributed by atoms with E-state index in [9.17, 15) is 4.79 Å². The summed E-state index contributed by atoms with van der Waals surface area (Å²) in [5.41, 5.74) is 0.866. The van der Waals surface area contributed by atoms with E-state index in [1.54, 1.807) is 6.07 Å². The normalized spacial score (nSPS) is 23.4. The van der Waals surface area contributed by atoms with Gasteiger partial charge >= 0.3 is 0 Å². The molecule has 1 aliphatic heterocycles. The van der Waals surface area contributed by atoms with E-state index in [-0.39, 0.29) is 5.41 Å². The van der Waals surface area contributed by atoms with Crippen LogP contribution in [0.3, 0.4) is 0 Å². The minimum Gasteiger partial charge on any atom is -0.370 e. The molecule has 1 fully saturated rings. The number of carbonyl (C=O) groups excluding carboxylic acids is 1. The van der Waals surface area contributed by atoms with Crippen LogP contribution >= 0.6 is 23.2 Å². The number of hydrogen-bond donors (Lipinski definition) is 0. The third kappa shape index (κ3) is 2.65. The number of halogens is 2. The van der Waals surface area contributed by atoms with Crippen molar-refractivity contribution in [3.05, 3.63) is 28.2 Å². The number of hydrogen-bond acceptors (Lipinski definition) is 2. The molecule has 0 aliphatic carbocycles. The molecule has 1 aromatic rings. The Balaban J connectivity index is 2.17. The fourth-order valence-corrected chi connectivity index (χ4v) is 2.95. The molecule has 2 nitrogen and oxygen atoms in total. The van der Waals surface area contributed by atoms with Crippen molar-refractivity contribution in [2.75, 3.05) is 18.0 Å². The number of anilines is 1. The Labute approximate surface area is 118 Å². The summed E-state index contributed by atoms with van der Waals surface area (Å²) in [6.07, 6.45) is 4.04. The number of nitrogens with zero attached hydrogens (tertiary/aromatic N) is 1. The molecule has 98 valence electrons. The minimum absolute atomic E-state index is 0.180. The van der Waals surface area contributed by atoms with Crippen LogP contribution in [0.4, 0.5) is 5.69 Å². The summed E-state index contributed by atoms with van der Waals surface area (Å²) in [4.78, 5) is 13.6. The minimum atomic E-state index is -0.180. The van der Waals surface area contributed by atoms with E-state index in [2.05, 4.69) is 11.8 Å². The fourth-order valence-electron chi connectivity index (χ4n) is 2.66. The van der Waals surface area contributed by atoms with E-state index < -0.39 is 0 Å². The molecule has 0 aromatic heterocycles. The predicted octanol–water partition coefficient (Wildman–Crippen LogP) is 4.19. The summed E-state index contributed by atoms with van der Waals surface area (Å²) in [6.45, 7) is 3.80. The van der Waals surface area contributed by atoms with Crippen LogP contribution in [0.5, 0.6) is 0 Å². The monoisotopic (exact) mass is 285 g/mol. The maximum atomic E-state index is 11.3. The summed E-state index contributed by atoms with van der Waals surface area (Å²) >= 11 is 11.9. The third-order valence-corrected chi connectivity index (χ3v) is 4.39. The fraction of sp³-hybridized carbons (Fsp3) is 0.500. The Hall–Kier alpha value is -0.730. The number of aldehydes is 1. The van der Waals surface area contributed by atoms with E-state index in [4.69, 9.17) is 23.2 Å². The Morgan fingerprint density at radius 3 is 2.78 bits per heavy atom. The van der Waals surface area contributed by atoms with Gasteiger partial charge in [-0.1, -0.05) is 36.5 Å². The van der Waals surface area contributed by atoms with Gasteiger partial charge in [0.25, 0.3) is 0 Å². The van der Waals surface area contributed by atoms with Crippen LogP contribution in [0.25, 0.3) is 0 Å². The highest BCUT2D eigenvalue weighted by molar-refractivity contribution is 6.42. The van der Waals surface area contributed by atoms with Crippen LogP contribution < -0.4 is 4.90 Å². The number of carbonyl (C=O) groups is 1. The van der Waals surface area contributed by atoms with E-state index in [1.807, 2.05) is 12.1 Å². The summed E-state index contributed by atoms with van der Waals surface area (Å²) in [7, 11) is 0. The smallest absolute Gasteiger partial charge is 0.127 e. The average molecular weight is 286 g/mol. The van der Waals surface area contributed by atoms with Crippen LogP contribution in [0.1, 0.15) is 26.2 Å². The Morgan fingerprint density at radius 1 is 1.39 bits per heavy atom. The van der Waals surface area contributed by atoms with Crippen molar-refractivity contribution >= 4 is 35.2 Å². The molecule has 1 heterocycles. The molecule has 0 N–H and O–H groups in total. The summed E-state index contributed by atoms with van der Waals surface area (Å²) in [5, 5.41) is 1.13. The Morgan fingerprint density at radius 2 is 2.17 bits per heavy atom. The first kappa shape index (κ1) is 13.7. The highest BCUT2D eigenvalue weighted by Crippen LogP contribution is 2.37. The van der Waals surface area contributed by atoms with Gasteiger partial charge < -0.3 is 9.69 Å². The third-order valence-electron chi connectivity index (χ3n) is 3.65. The molecule has 0 spiro atoms. The molecule has 0 saturated carbocycles. The summed E-state index contributed by atoms with van der Waals surface area (Å²) < 4.78 is 0. The van der Waals surface area contributed by atoms with Crippen LogP contribution in [-0.4, -0.2) is 19.4 Å². The molecule has 2 rings (SSSR count). The second kappa shape index (κ2) is 5.50. The van der Waals surface area contributed by atoms with E-state index in [0.29, 0.717) is 10.0 Å². The number of rotatable bonds is 4. The first-order valence-electron chi connectivity index (χ1n) is 6.26. The lowest BCUT2D eigenvalue weighted by Gasteiger charge is -2.24. The average Bonchev–Trinajstić information content (AvgIpc) is 2.78. The molecule has 1 aromatic carbocycles. The Kier molecular flexibility index (Phi) is 4.18. The molecule has 0 radical (unpaired) electrons. The summed E-state index contributed by atoms with van der Waals surface area (Å²) in [5.74, 6) is 0. The SMILES string of the molecule is CCC[C@]1(C=O)CCN(c2ccc(Cl)c(Cl)c2)C1. The van der Waals surface area contributed by atoms with Crippen molar-refractivity contribution in [2.24, 2.45) is 5.41 Å². The zero-order valence-corrected chi connectivity index (χ0v) is 12.0. The van der Waals surface area contributed by atoms with Crippen molar-refractivity contribution in [3.63, 3.8) is 0 Å². The highest BCUT2D eigenvalue weighted by Gasteiger charge is 2.37. The van der Waals surface area contributed by atoms with Crippen LogP contribution in [-0.2, 0) is 4.79 Å². The molecule has 1 atom stereocenters. The lowest BCUT2D eigenvalue weighted by molar-refractivity contribution is -0.115. The van der Waals surface area contributed by atoms with Crippen molar-refractivity contribution in [1.29, 1.82) is 0 Å². The highest BCUT2D eigenvalue weighted by atomic mass is 35.5. The van der Waals surface area contributed by atoms with Gasteiger partial charge in [0.1, 0.15) is 6.29 Å². The van der Waals surface area contributed by atoms with Crippen LogP contribution in [0, 0.1) is 5.41 Å². The van der Waals surface area contributed by atoms with Gasteiger partial charge in [0, 0.05) is 24.2 Å². The molecular formula is C14H17Cl2NO. The quantitative estimate of drug-likeness (QED) is 0.773.